The van der Waals surface area contributed by atoms with Crippen molar-refractivity contribution in [1.82, 2.24) is 14.7 Å². The molecule has 0 spiro atoms. The summed E-state index contributed by atoms with van der Waals surface area (Å²) in [5, 5.41) is 16.7. The maximum atomic E-state index is 12.9. The van der Waals surface area contributed by atoms with Crippen LogP contribution in [0.2, 0.25) is 0 Å². The van der Waals surface area contributed by atoms with Crippen LogP contribution in [0.15, 0.2) is 29.1 Å². The molecule has 1 N–H and O–H groups in total. The number of aromatic nitrogens is 2. The number of carbonyl (C=O) groups is 1. The average molecular weight is 369 g/mol. The van der Waals surface area contributed by atoms with Gasteiger partial charge in [-0.2, -0.15) is 5.10 Å². The highest BCUT2D eigenvalue weighted by molar-refractivity contribution is 5.83. The Balaban J connectivity index is 1.56. The van der Waals surface area contributed by atoms with Crippen LogP contribution in [-0.4, -0.2) is 44.4 Å². The minimum absolute atomic E-state index is 0.0471. The van der Waals surface area contributed by atoms with Gasteiger partial charge in [0.2, 0.25) is 5.91 Å². The standard InChI is InChI=1S/C21H27N3O3/c1-3-21(27)10-6-7-15-11-23(12-18(15)21)19(25)13-24-20(26)17-9-5-4-8-16(17)14(2)22-24/h4-5,8-9,15,18,27H,3,6-7,10-13H2,1-2H3/t15-,18+,21-/m0/s1. The third-order valence-electron chi connectivity index (χ3n) is 6.62. The van der Waals surface area contributed by atoms with Crippen LogP contribution in [0.4, 0.5) is 0 Å². The molecule has 1 saturated heterocycles. The quantitative estimate of drug-likeness (QED) is 0.899. The number of rotatable bonds is 3. The topological polar surface area (TPSA) is 75.4 Å². The summed E-state index contributed by atoms with van der Waals surface area (Å²) in [7, 11) is 0. The number of hydrogen-bond donors (Lipinski definition) is 1. The Labute approximate surface area is 158 Å². The van der Waals surface area contributed by atoms with E-state index >= 15 is 0 Å². The number of amides is 1. The van der Waals surface area contributed by atoms with Crippen molar-refractivity contribution in [3.05, 3.63) is 40.3 Å². The molecule has 1 aliphatic heterocycles. The molecule has 1 aliphatic carbocycles. The highest BCUT2D eigenvalue weighted by Crippen LogP contribution is 2.44. The fourth-order valence-electron chi connectivity index (χ4n) is 5.01. The molecule has 6 heteroatoms. The average Bonchev–Trinajstić information content (AvgIpc) is 3.12. The second kappa shape index (κ2) is 6.75. The highest BCUT2D eigenvalue weighted by atomic mass is 16.3. The van der Waals surface area contributed by atoms with Gasteiger partial charge in [0, 0.05) is 24.4 Å². The molecule has 1 aromatic carbocycles. The highest BCUT2D eigenvalue weighted by Gasteiger charge is 2.48. The van der Waals surface area contributed by atoms with Crippen LogP contribution in [0.1, 0.15) is 38.3 Å². The molecule has 1 amide bonds. The Morgan fingerprint density at radius 3 is 2.78 bits per heavy atom. The first-order valence-electron chi connectivity index (χ1n) is 9.89. The van der Waals surface area contributed by atoms with Crippen LogP contribution in [0, 0.1) is 18.8 Å². The Morgan fingerprint density at radius 1 is 1.30 bits per heavy atom. The summed E-state index contributed by atoms with van der Waals surface area (Å²) in [6.07, 6.45) is 3.61. The van der Waals surface area contributed by atoms with Crippen molar-refractivity contribution >= 4 is 16.7 Å². The molecule has 0 bridgehead atoms. The molecule has 144 valence electrons. The van der Waals surface area contributed by atoms with Crippen molar-refractivity contribution in [3.63, 3.8) is 0 Å². The van der Waals surface area contributed by atoms with Gasteiger partial charge in [0.15, 0.2) is 0 Å². The van der Waals surface area contributed by atoms with Crippen LogP contribution < -0.4 is 5.56 Å². The minimum atomic E-state index is -0.660. The van der Waals surface area contributed by atoms with Crippen molar-refractivity contribution in [2.24, 2.45) is 11.8 Å². The molecule has 1 saturated carbocycles. The van der Waals surface area contributed by atoms with Gasteiger partial charge in [-0.15, -0.1) is 0 Å². The van der Waals surface area contributed by atoms with Gasteiger partial charge in [0.1, 0.15) is 6.54 Å². The second-order valence-corrected chi connectivity index (χ2v) is 8.11. The van der Waals surface area contributed by atoms with Crippen molar-refractivity contribution in [2.75, 3.05) is 13.1 Å². The number of fused-ring (bicyclic) bond motifs is 2. The summed E-state index contributed by atoms with van der Waals surface area (Å²) in [6.45, 7) is 5.08. The van der Waals surface area contributed by atoms with Gasteiger partial charge >= 0.3 is 0 Å². The van der Waals surface area contributed by atoms with E-state index in [0.717, 1.165) is 36.8 Å². The molecule has 6 nitrogen and oxygen atoms in total. The first-order valence-corrected chi connectivity index (χ1v) is 9.89. The largest absolute Gasteiger partial charge is 0.390 e. The summed E-state index contributed by atoms with van der Waals surface area (Å²) in [5.41, 5.74) is -0.147. The first-order chi connectivity index (χ1) is 12.9. The number of nitrogens with zero attached hydrogens (tertiary/aromatic N) is 3. The van der Waals surface area contributed by atoms with Gasteiger partial charge < -0.3 is 10.0 Å². The lowest BCUT2D eigenvalue weighted by Gasteiger charge is -2.40. The van der Waals surface area contributed by atoms with E-state index in [4.69, 9.17) is 0 Å². The SMILES string of the molecule is CC[C@]1(O)CCC[C@H]2CN(C(=O)Cn3nc(C)c4ccccc4c3=O)C[C@H]21. The summed E-state index contributed by atoms with van der Waals surface area (Å²) in [4.78, 5) is 27.4. The molecule has 27 heavy (non-hydrogen) atoms. The second-order valence-electron chi connectivity index (χ2n) is 8.11. The smallest absolute Gasteiger partial charge is 0.275 e. The molecule has 3 atom stereocenters. The van der Waals surface area contributed by atoms with E-state index in [2.05, 4.69) is 5.10 Å². The summed E-state index contributed by atoms with van der Waals surface area (Å²) in [5.74, 6) is 0.408. The monoisotopic (exact) mass is 369 g/mol. The molecule has 4 rings (SSSR count). The van der Waals surface area contributed by atoms with Crippen molar-refractivity contribution in [3.8, 4) is 0 Å². The lowest BCUT2D eigenvalue weighted by Crippen LogP contribution is -2.45. The minimum Gasteiger partial charge on any atom is -0.390 e. The number of hydrogen-bond acceptors (Lipinski definition) is 4. The predicted octanol–water partition coefficient (Wildman–Crippen LogP) is 2.10. The van der Waals surface area contributed by atoms with E-state index in [0.29, 0.717) is 24.4 Å². The molecule has 2 aliphatic rings. The Kier molecular flexibility index (Phi) is 4.54. The van der Waals surface area contributed by atoms with Gasteiger partial charge in [-0.25, -0.2) is 4.68 Å². The van der Waals surface area contributed by atoms with E-state index in [1.807, 2.05) is 36.9 Å². The summed E-state index contributed by atoms with van der Waals surface area (Å²) in [6, 6.07) is 7.36. The van der Waals surface area contributed by atoms with Crippen molar-refractivity contribution < 1.29 is 9.90 Å². The van der Waals surface area contributed by atoms with Gasteiger partial charge in [0.25, 0.3) is 5.56 Å². The van der Waals surface area contributed by atoms with Crippen LogP contribution in [0.25, 0.3) is 10.8 Å². The number of aryl methyl sites for hydroxylation is 1. The number of benzene rings is 1. The normalized spacial score (nSPS) is 27.7. The maximum absolute atomic E-state index is 12.9. The third kappa shape index (κ3) is 3.06. The zero-order valence-corrected chi connectivity index (χ0v) is 16.0. The van der Waals surface area contributed by atoms with Crippen LogP contribution >= 0.6 is 0 Å². The maximum Gasteiger partial charge on any atom is 0.275 e. The molecular weight excluding hydrogens is 342 g/mol. The molecule has 2 heterocycles. The lowest BCUT2D eigenvalue weighted by atomic mass is 9.69. The molecule has 0 radical (unpaired) electrons. The van der Waals surface area contributed by atoms with E-state index in [9.17, 15) is 14.7 Å². The van der Waals surface area contributed by atoms with Gasteiger partial charge in [-0.1, -0.05) is 31.5 Å². The fraction of sp³-hybridized carbons (Fsp3) is 0.571. The van der Waals surface area contributed by atoms with Gasteiger partial charge in [0.05, 0.1) is 16.7 Å². The van der Waals surface area contributed by atoms with Crippen LogP contribution in [0.5, 0.6) is 0 Å². The molecule has 1 aromatic heterocycles. The van der Waals surface area contributed by atoms with Gasteiger partial charge in [-0.05, 0) is 38.2 Å². The summed E-state index contributed by atoms with van der Waals surface area (Å²) >= 11 is 0. The Hall–Kier alpha value is -2.21. The van der Waals surface area contributed by atoms with E-state index in [1.54, 1.807) is 6.07 Å². The lowest BCUT2D eigenvalue weighted by molar-refractivity contribution is -0.131. The zero-order valence-electron chi connectivity index (χ0n) is 16.0. The fourth-order valence-corrected chi connectivity index (χ4v) is 5.01. The van der Waals surface area contributed by atoms with Crippen LogP contribution in [-0.2, 0) is 11.3 Å². The molecule has 2 aromatic rings. The molecule has 0 unspecified atom stereocenters. The number of likely N-dealkylation sites (tertiary alicyclic amines) is 1. The summed E-state index contributed by atoms with van der Waals surface area (Å²) < 4.78 is 1.29. The predicted molar refractivity (Wildman–Crippen MR) is 103 cm³/mol. The third-order valence-corrected chi connectivity index (χ3v) is 6.62. The number of carbonyl (C=O) groups excluding carboxylic acids is 1. The van der Waals surface area contributed by atoms with Crippen LogP contribution in [0.3, 0.4) is 0 Å². The zero-order chi connectivity index (χ0) is 19.2. The van der Waals surface area contributed by atoms with E-state index < -0.39 is 5.60 Å². The van der Waals surface area contributed by atoms with E-state index in [1.165, 1.54) is 4.68 Å². The first kappa shape index (κ1) is 18.2. The Bertz CT molecular complexity index is 938. The Morgan fingerprint density at radius 2 is 2.04 bits per heavy atom. The van der Waals surface area contributed by atoms with Crippen molar-refractivity contribution in [1.29, 1.82) is 0 Å². The molecule has 2 fully saturated rings. The molecular formula is C21H27N3O3. The van der Waals surface area contributed by atoms with E-state index in [-0.39, 0.29) is 23.9 Å². The van der Waals surface area contributed by atoms with Gasteiger partial charge in [-0.3, -0.25) is 9.59 Å². The van der Waals surface area contributed by atoms with Crippen molar-refractivity contribution in [2.45, 2.75) is 51.7 Å². The number of aliphatic hydroxyl groups is 1.